The Morgan fingerprint density at radius 1 is 0.867 bits per heavy atom. The fourth-order valence-electron chi connectivity index (χ4n) is 1.20. The molecule has 74 valence electrons. The van der Waals surface area contributed by atoms with Gasteiger partial charge in [-0.15, -0.1) is 0 Å². The number of benzene rings is 1. The molecule has 0 aliphatic rings. The molecule has 0 spiro atoms. The number of fused-ring (bicyclic) bond motifs is 1. The van der Waals surface area contributed by atoms with Gasteiger partial charge in [0.1, 0.15) is 0 Å². The Hall–Kier alpha value is -1.74. The molecule has 0 aliphatic carbocycles. The summed E-state index contributed by atoms with van der Waals surface area (Å²) in [6.07, 6.45) is 5.45. The van der Waals surface area contributed by atoms with Crippen molar-refractivity contribution in [2.24, 2.45) is 0 Å². The van der Waals surface area contributed by atoms with E-state index in [1.165, 1.54) is 22.3 Å². The lowest BCUT2D eigenvalue weighted by Crippen LogP contribution is -1.71. The highest BCUT2D eigenvalue weighted by Crippen LogP contribution is 2.09. The number of aromatic nitrogens is 2. The average molecular weight is 214 g/mol. The van der Waals surface area contributed by atoms with E-state index < -0.39 is 0 Å². The lowest BCUT2D eigenvalue weighted by molar-refractivity contribution is 1.36. The van der Waals surface area contributed by atoms with Crippen LogP contribution in [0.1, 0.15) is 0 Å². The van der Waals surface area contributed by atoms with Gasteiger partial charge in [-0.2, -0.15) is 0 Å². The molecule has 0 aliphatic heterocycles. The minimum absolute atomic E-state index is 1.20. The first-order valence-corrected chi connectivity index (χ1v) is 5.43. The Morgan fingerprint density at radius 3 is 2.33 bits per heavy atom. The van der Waals surface area contributed by atoms with E-state index in [1.54, 1.807) is 6.20 Å². The molecule has 0 atom stereocenters. The minimum Gasteiger partial charge on any atom is -0.264 e. The zero-order chi connectivity index (χ0) is 10.3. The van der Waals surface area contributed by atoms with Crippen molar-refractivity contribution in [1.82, 2.24) is 9.36 Å². The zero-order valence-corrected chi connectivity index (χ0v) is 8.89. The summed E-state index contributed by atoms with van der Waals surface area (Å²) in [5.41, 5.74) is 0. The number of pyridine rings is 1. The highest BCUT2D eigenvalue weighted by Gasteiger charge is 1.86. The van der Waals surface area contributed by atoms with Crippen LogP contribution in [0.4, 0.5) is 0 Å². The van der Waals surface area contributed by atoms with Gasteiger partial charge in [0.2, 0.25) is 0 Å². The van der Waals surface area contributed by atoms with Crippen LogP contribution >= 0.6 is 11.5 Å². The van der Waals surface area contributed by atoms with Crippen LogP contribution in [0.5, 0.6) is 0 Å². The molecule has 0 N–H and O–H groups in total. The maximum atomic E-state index is 4.01. The van der Waals surface area contributed by atoms with Gasteiger partial charge >= 0.3 is 0 Å². The predicted octanol–water partition coefficient (Wildman–Crippen LogP) is 3.38. The molecule has 0 radical (unpaired) electrons. The third-order valence-corrected chi connectivity index (χ3v) is 2.42. The van der Waals surface area contributed by atoms with Crippen LogP contribution in [0.25, 0.3) is 10.8 Å². The van der Waals surface area contributed by atoms with E-state index >= 15 is 0 Å². The van der Waals surface area contributed by atoms with Gasteiger partial charge in [0.15, 0.2) is 0 Å². The van der Waals surface area contributed by atoms with Crippen LogP contribution in [-0.2, 0) is 0 Å². The van der Waals surface area contributed by atoms with Crippen molar-refractivity contribution in [2.75, 3.05) is 0 Å². The Balaban J connectivity index is 0.000000144. The van der Waals surface area contributed by atoms with Crippen molar-refractivity contribution in [3.8, 4) is 0 Å². The SMILES string of the molecule is c1ccc2cnccc2c1.c1cnsc1. The molecule has 15 heavy (non-hydrogen) atoms. The number of nitrogens with zero attached hydrogens (tertiary/aromatic N) is 2. The fourth-order valence-corrected chi connectivity index (χ4v) is 1.55. The van der Waals surface area contributed by atoms with Crippen LogP contribution in [0.2, 0.25) is 0 Å². The van der Waals surface area contributed by atoms with Crippen LogP contribution < -0.4 is 0 Å². The highest BCUT2D eigenvalue weighted by atomic mass is 32.1. The summed E-state index contributed by atoms with van der Waals surface area (Å²) in [5, 5.41) is 4.38. The van der Waals surface area contributed by atoms with Gasteiger partial charge in [-0.25, -0.2) is 4.37 Å². The maximum absolute atomic E-state index is 4.01. The first kappa shape index (κ1) is 9.80. The van der Waals surface area contributed by atoms with Crippen molar-refractivity contribution in [3.05, 3.63) is 60.4 Å². The van der Waals surface area contributed by atoms with Gasteiger partial charge in [-0.3, -0.25) is 4.98 Å². The molecule has 3 heteroatoms. The average Bonchev–Trinajstić information content (AvgIpc) is 2.88. The van der Waals surface area contributed by atoms with Gasteiger partial charge in [-0.05, 0) is 34.4 Å². The van der Waals surface area contributed by atoms with Gasteiger partial charge in [0.25, 0.3) is 0 Å². The van der Waals surface area contributed by atoms with Crippen LogP contribution in [-0.4, -0.2) is 9.36 Å². The quantitative estimate of drug-likeness (QED) is 0.573. The molecule has 3 rings (SSSR count). The molecule has 0 fully saturated rings. The van der Waals surface area contributed by atoms with E-state index in [1.807, 2.05) is 42.0 Å². The van der Waals surface area contributed by atoms with Crippen LogP contribution in [0, 0.1) is 0 Å². The minimum atomic E-state index is 1.20. The summed E-state index contributed by atoms with van der Waals surface area (Å²) in [6, 6.07) is 12.1. The second kappa shape index (κ2) is 5.22. The van der Waals surface area contributed by atoms with Gasteiger partial charge < -0.3 is 0 Å². The molecule has 0 saturated heterocycles. The van der Waals surface area contributed by atoms with Crippen molar-refractivity contribution >= 4 is 22.3 Å². The first-order valence-electron chi connectivity index (χ1n) is 4.60. The Labute approximate surface area is 92.4 Å². The third kappa shape index (κ3) is 2.86. The van der Waals surface area contributed by atoms with Crippen LogP contribution in [0.15, 0.2) is 60.4 Å². The summed E-state index contributed by atoms with van der Waals surface area (Å²) in [4.78, 5) is 4.01. The van der Waals surface area contributed by atoms with E-state index in [0.29, 0.717) is 0 Å². The molecular formula is C12H10N2S. The predicted molar refractivity (Wildman–Crippen MR) is 63.9 cm³/mol. The number of hydrogen-bond donors (Lipinski definition) is 0. The zero-order valence-electron chi connectivity index (χ0n) is 8.08. The fraction of sp³-hybridized carbons (Fsp3) is 0. The highest BCUT2D eigenvalue weighted by molar-refractivity contribution is 7.03. The molecule has 0 amide bonds. The van der Waals surface area contributed by atoms with Crippen molar-refractivity contribution in [2.45, 2.75) is 0 Å². The molecule has 1 aromatic carbocycles. The van der Waals surface area contributed by atoms with E-state index in [4.69, 9.17) is 0 Å². The molecule has 2 heterocycles. The molecule has 0 unspecified atom stereocenters. The lowest BCUT2D eigenvalue weighted by Gasteiger charge is -1.91. The Bertz CT molecular complexity index is 423. The van der Waals surface area contributed by atoms with E-state index in [0.717, 1.165) is 0 Å². The van der Waals surface area contributed by atoms with Crippen molar-refractivity contribution in [3.63, 3.8) is 0 Å². The van der Waals surface area contributed by atoms with Crippen molar-refractivity contribution in [1.29, 1.82) is 0 Å². The van der Waals surface area contributed by atoms with Gasteiger partial charge in [0.05, 0.1) is 0 Å². The number of rotatable bonds is 0. The first-order chi connectivity index (χ1) is 7.47. The molecular weight excluding hydrogens is 204 g/mol. The van der Waals surface area contributed by atoms with E-state index in [9.17, 15) is 0 Å². The molecule has 0 bridgehead atoms. The van der Waals surface area contributed by atoms with Crippen molar-refractivity contribution < 1.29 is 0 Å². The molecule has 2 aromatic heterocycles. The lowest BCUT2D eigenvalue weighted by atomic mass is 10.2. The second-order valence-electron chi connectivity index (χ2n) is 2.91. The molecule has 3 aromatic rings. The Morgan fingerprint density at radius 2 is 1.73 bits per heavy atom. The van der Waals surface area contributed by atoms with Gasteiger partial charge in [-0.1, -0.05) is 24.3 Å². The maximum Gasteiger partial charge on any atom is 0.0406 e. The second-order valence-corrected chi connectivity index (χ2v) is 3.61. The smallest absolute Gasteiger partial charge is 0.0406 e. The van der Waals surface area contributed by atoms with E-state index in [-0.39, 0.29) is 0 Å². The summed E-state index contributed by atoms with van der Waals surface area (Å²) in [6.45, 7) is 0. The largest absolute Gasteiger partial charge is 0.264 e. The topological polar surface area (TPSA) is 25.8 Å². The normalized spacial score (nSPS) is 9.33. The summed E-state index contributed by atoms with van der Waals surface area (Å²) >= 11 is 1.46. The number of hydrogen-bond acceptors (Lipinski definition) is 3. The monoisotopic (exact) mass is 214 g/mol. The van der Waals surface area contributed by atoms with Crippen LogP contribution in [0.3, 0.4) is 0 Å². The standard InChI is InChI=1S/C9H7N.C3H3NS/c1-2-4-9-7-10-6-5-8(9)3-1;1-2-4-5-3-1/h1-7H;1-3H. The Kier molecular flexibility index (Phi) is 3.41. The molecule has 2 nitrogen and oxygen atoms in total. The summed E-state index contributed by atoms with van der Waals surface area (Å²) in [7, 11) is 0. The summed E-state index contributed by atoms with van der Waals surface area (Å²) in [5.74, 6) is 0. The van der Waals surface area contributed by atoms with E-state index in [2.05, 4.69) is 21.5 Å². The molecule has 0 saturated carbocycles. The summed E-state index contributed by atoms with van der Waals surface area (Å²) < 4.78 is 3.76. The third-order valence-electron chi connectivity index (χ3n) is 1.90. The van der Waals surface area contributed by atoms with Gasteiger partial charge in [0, 0.05) is 24.0 Å².